The maximum atomic E-state index is 13.2. The van der Waals surface area contributed by atoms with Crippen LogP contribution in [0.15, 0.2) is 30.3 Å². The van der Waals surface area contributed by atoms with Crippen LogP contribution in [-0.2, 0) is 33.5 Å². The molecule has 0 radical (unpaired) electrons. The minimum Gasteiger partial charge on any atom is -0.505 e. The molecule has 1 heterocycles. The van der Waals surface area contributed by atoms with Gasteiger partial charge in [0.2, 0.25) is 0 Å². The largest absolute Gasteiger partial charge is 0.505 e. The van der Waals surface area contributed by atoms with Crippen molar-refractivity contribution in [1.82, 2.24) is 0 Å². The highest BCUT2D eigenvalue weighted by atomic mass is 19.1. The lowest BCUT2D eigenvalue weighted by atomic mass is 9.84. The average Bonchev–Trinajstić information content (AvgIpc) is 2.74. The van der Waals surface area contributed by atoms with Crippen LogP contribution >= 0.6 is 0 Å². The number of benzene rings is 2. The standard InChI is InChI=1S/C22H24FNO5/c1-28-19(25)8-5-15-11-18(22(27)29-2)21(26)20-17(15)10-14(12-24-20)9-13-3-6-16(23)7-4-13/h3-4,6-7,11,14,24,26H,5,8-10,12H2,1-2H3. The van der Waals surface area contributed by atoms with Crippen molar-refractivity contribution in [3.05, 3.63) is 58.4 Å². The third-order valence-electron chi connectivity index (χ3n) is 5.23. The number of carbonyl (C=O) groups excluding carboxylic acids is 2. The Morgan fingerprint density at radius 1 is 1.21 bits per heavy atom. The van der Waals surface area contributed by atoms with Gasteiger partial charge in [-0.1, -0.05) is 12.1 Å². The maximum Gasteiger partial charge on any atom is 0.341 e. The number of esters is 2. The highest BCUT2D eigenvalue weighted by molar-refractivity contribution is 5.96. The van der Waals surface area contributed by atoms with Gasteiger partial charge in [-0.3, -0.25) is 4.79 Å². The quantitative estimate of drug-likeness (QED) is 0.571. The number of aryl methyl sites for hydroxylation is 1. The normalized spacial score (nSPS) is 15.2. The van der Waals surface area contributed by atoms with E-state index in [1.807, 2.05) is 0 Å². The second-order valence-electron chi connectivity index (χ2n) is 7.13. The number of methoxy groups -OCH3 is 2. The molecule has 0 fully saturated rings. The van der Waals surface area contributed by atoms with Crippen molar-refractivity contribution in [2.75, 3.05) is 26.1 Å². The Morgan fingerprint density at radius 3 is 2.59 bits per heavy atom. The van der Waals surface area contributed by atoms with Crippen LogP contribution in [-0.4, -0.2) is 37.8 Å². The molecule has 29 heavy (non-hydrogen) atoms. The molecule has 2 aromatic carbocycles. The summed E-state index contributed by atoms with van der Waals surface area (Å²) < 4.78 is 22.6. The molecule has 0 saturated heterocycles. The summed E-state index contributed by atoms with van der Waals surface area (Å²) in [5, 5.41) is 13.8. The van der Waals surface area contributed by atoms with Crippen LogP contribution in [0, 0.1) is 11.7 Å². The molecule has 1 aliphatic rings. The number of ether oxygens (including phenoxy) is 2. The van der Waals surface area contributed by atoms with Gasteiger partial charge in [-0.2, -0.15) is 0 Å². The van der Waals surface area contributed by atoms with Gasteiger partial charge in [0, 0.05) is 13.0 Å². The van der Waals surface area contributed by atoms with E-state index >= 15 is 0 Å². The maximum absolute atomic E-state index is 13.2. The molecule has 0 aliphatic carbocycles. The zero-order valence-electron chi connectivity index (χ0n) is 16.5. The number of nitrogens with one attached hydrogen (secondary N) is 1. The summed E-state index contributed by atoms with van der Waals surface area (Å²) in [7, 11) is 2.58. The first-order chi connectivity index (χ1) is 13.9. The Bertz CT molecular complexity index is 910. The lowest BCUT2D eigenvalue weighted by Crippen LogP contribution is -2.26. The zero-order valence-corrected chi connectivity index (χ0v) is 16.5. The molecular weight excluding hydrogens is 377 g/mol. The molecule has 1 unspecified atom stereocenters. The fraction of sp³-hybridized carbons (Fsp3) is 0.364. The number of hydrogen-bond donors (Lipinski definition) is 2. The molecule has 0 aromatic heterocycles. The van der Waals surface area contributed by atoms with Crippen molar-refractivity contribution in [2.45, 2.75) is 25.7 Å². The summed E-state index contributed by atoms with van der Waals surface area (Å²) in [5.74, 6) is -1.19. The third-order valence-corrected chi connectivity index (χ3v) is 5.23. The smallest absolute Gasteiger partial charge is 0.341 e. The van der Waals surface area contributed by atoms with Gasteiger partial charge in [-0.25, -0.2) is 9.18 Å². The van der Waals surface area contributed by atoms with Crippen molar-refractivity contribution >= 4 is 17.6 Å². The molecular formula is C22H24FNO5. The molecule has 2 N–H and O–H groups in total. The van der Waals surface area contributed by atoms with E-state index in [1.165, 1.54) is 26.4 Å². The first kappa shape index (κ1) is 20.6. The minimum absolute atomic E-state index is 0.0654. The van der Waals surface area contributed by atoms with Gasteiger partial charge in [-0.05, 0) is 60.1 Å². The summed E-state index contributed by atoms with van der Waals surface area (Å²) in [4.78, 5) is 23.7. The molecule has 3 rings (SSSR count). The fourth-order valence-corrected chi connectivity index (χ4v) is 3.72. The summed E-state index contributed by atoms with van der Waals surface area (Å²) in [6.07, 6.45) is 1.94. The fourth-order valence-electron chi connectivity index (χ4n) is 3.72. The first-order valence-corrected chi connectivity index (χ1v) is 9.44. The highest BCUT2D eigenvalue weighted by Crippen LogP contribution is 2.39. The van der Waals surface area contributed by atoms with E-state index in [1.54, 1.807) is 18.2 Å². The number of phenolic OH excluding ortho intramolecular Hbond substituents is 1. The summed E-state index contributed by atoms with van der Waals surface area (Å²) in [5.41, 5.74) is 3.25. The lowest BCUT2D eigenvalue weighted by Gasteiger charge is -2.29. The number of rotatable bonds is 6. The lowest BCUT2D eigenvalue weighted by molar-refractivity contribution is -0.140. The van der Waals surface area contributed by atoms with Gasteiger partial charge >= 0.3 is 11.9 Å². The van der Waals surface area contributed by atoms with Gasteiger partial charge in [0.25, 0.3) is 0 Å². The molecule has 1 aliphatic heterocycles. The van der Waals surface area contributed by atoms with Crippen LogP contribution in [0.1, 0.15) is 33.5 Å². The highest BCUT2D eigenvalue weighted by Gasteiger charge is 2.28. The van der Waals surface area contributed by atoms with Gasteiger partial charge in [-0.15, -0.1) is 0 Å². The van der Waals surface area contributed by atoms with Gasteiger partial charge in [0.15, 0.2) is 5.75 Å². The summed E-state index contributed by atoms with van der Waals surface area (Å²) in [6, 6.07) is 8.00. The van der Waals surface area contributed by atoms with Crippen LogP contribution in [0.5, 0.6) is 5.75 Å². The predicted octanol–water partition coefficient (Wildman–Crippen LogP) is 3.25. The Morgan fingerprint density at radius 2 is 1.93 bits per heavy atom. The van der Waals surface area contributed by atoms with Crippen molar-refractivity contribution in [1.29, 1.82) is 0 Å². The molecule has 0 saturated carbocycles. The zero-order chi connectivity index (χ0) is 21.0. The monoisotopic (exact) mass is 401 g/mol. The van der Waals surface area contributed by atoms with E-state index in [4.69, 9.17) is 9.47 Å². The minimum atomic E-state index is -0.639. The van der Waals surface area contributed by atoms with E-state index < -0.39 is 5.97 Å². The van der Waals surface area contributed by atoms with Gasteiger partial charge in [0.1, 0.15) is 11.4 Å². The number of anilines is 1. The number of hydrogen-bond acceptors (Lipinski definition) is 6. The molecule has 0 bridgehead atoms. The molecule has 2 aromatic rings. The molecule has 0 spiro atoms. The van der Waals surface area contributed by atoms with Crippen molar-refractivity contribution in [2.24, 2.45) is 5.92 Å². The van der Waals surface area contributed by atoms with Crippen LogP contribution in [0.4, 0.5) is 10.1 Å². The van der Waals surface area contributed by atoms with Crippen LogP contribution in [0.25, 0.3) is 0 Å². The summed E-state index contributed by atoms with van der Waals surface area (Å²) >= 11 is 0. The van der Waals surface area contributed by atoms with E-state index in [0.717, 1.165) is 23.1 Å². The van der Waals surface area contributed by atoms with Crippen LogP contribution in [0.3, 0.4) is 0 Å². The number of phenols is 1. The Hall–Kier alpha value is -3.09. The summed E-state index contributed by atoms with van der Waals surface area (Å²) in [6.45, 7) is 0.596. The van der Waals surface area contributed by atoms with E-state index in [-0.39, 0.29) is 35.4 Å². The average molecular weight is 401 g/mol. The Labute approximate surface area is 168 Å². The predicted molar refractivity (Wildman–Crippen MR) is 106 cm³/mol. The number of carbonyl (C=O) groups is 2. The number of fused-ring (bicyclic) bond motifs is 1. The molecule has 154 valence electrons. The molecule has 0 amide bonds. The van der Waals surface area contributed by atoms with E-state index in [0.29, 0.717) is 25.1 Å². The van der Waals surface area contributed by atoms with Crippen LogP contribution in [0.2, 0.25) is 0 Å². The van der Waals surface area contributed by atoms with E-state index in [9.17, 15) is 19.1 Å². The third kappa shape index (κ3) is 4.67. The van der Waals surface area contributed by atoms with Crippen molar-refractivity contribution < 1.29 is 28.6 Å². The topological polar surface area (TPSA) is 84.9 Å². The van der Waals surface area contributed by atoms with Crippen LogP contribution < -0.4 is 5.32 Å². The SMILES string of the molecule is COC(=O)CCc1cc(C(=O)OC)c(O)c2c1CC(Cc1ccc(F)cc1)CN2. The Kier molecular flexibility index (Phi) is 6.36. The second-order valence-corrected chi connectivity index (χ2v) is 7.13. The second kappa shape index (κ2) is 8.94. The molecule has 6 nitrogen and oxygen atoms in total. The first-order valence-electron chi connectivity index (χ1n) is 9.44. The number of aromatic hydroxyl groups is 1. The van der Waals surface area contributed by atoms with Crippen molar-refractivity contribution in [3.63, 3.8) is 0 Å². The van der Waals surface area contributed by atoms with Crippen molar-refractivity contribution in [3.8, 4) is 5.75 Å². The van der Waals surface area contributed by atoms with E-state index in [2.05, 4.69) is 5.32 Å². The Balaban J connectivity index is 1.90. The molecule has 7 heteroatoms. The number of halogens is 1. The molecule has 1 atom stereocenters. The van der Waals surface area contributed by atoms with Gasteiger partial charge in [0.05, 0.1) is 19.9 Å². The van der Waals surface area contributed by atoms with Gasteiger partial charge < -0.3 is 19.9 Å².